The van der Waals surface area contributed by atoms with Gasteiger partial charge in [-0.15, -0.1) is 0 Å². The lowest BCUT2D eigenvalue weighted by Crippen LogP contribution is -2.34. The molecule has 29 heavy (non-hydrogen) atoms. The highest BCUT2D eigenvalue weighted by atomic mass is 32.2. The van der Waals surface area contributed by atoms with Crippen LogP contribution in [-0.2, 0) is 17.1 Å². The Kier molecular flexibility index (Phi) is 6.31. The van der Waals surface area contributed by atoms with Crippen LogP contribution in [-0.4, -0.2) is 45.1 Å². The van der Waals surface area contributed by atoms with E-state index in [1.807, 2.05) is 58.1 Å². The van der Waals surface area contributed by atoms with E-state index in [1.54, 1.807) is 12.1 Å². The van der Waals surface area contributed by atoms with Crippen LogP contribution in [0.2, 0.25) is 0 Å². The highest BCUT2D eigenvalue weighted by Gasteiger charge is 2.25. The number of hydrogen-bond acceptors (Lipinski definition) is 4. The third kappa shape index (κ3) is 4.47. The van der Waals surface area contributed by atoms with Crippen LogP contribution in [0.4, 0.5) is 0 Å². The quantitative estimate of drug-likeness (QED) is 0.612. The zero-order valence-corrected chi connectivity index (χ0v) is 18.5. The summed E-state index contributed by atoms with van der Waals surface area (Å²) in [7, 11) is 2.19. The van der Waals surface area contributed by atoms with Gasteiger partial charge in [-0.05, 0) is 57.3 Å². The maximum atomic E-state index is 13.1. The molecule has 0 spiro atoms. The van der Waals surface area contributed by atoms with E-state index in [-0.39, 0.29) is 17.5 Å². The highest BCUT2D eigenvalue weighted by molar-refractivity contribution is 7.89. The number of rotatable bonds is 8. The summed E-state index contributed by atoms with van der Waals surface area (Å²) in [5.41, 5.74) is 3.08. The molecule has 0 aliphatic rings. The highest BCUT2D eigenvalue weighted by Crippen LogP contribution is 2.29. The van der Waals surface area contributed by atoms with Gasteiger partial charge in [0.2, 0.25) is 10.0 Å². The van der Waals surface area contributed by atoms with Crippen molar-refractivity contribution in [1.82, 2.24) is 14.2 Å². The molecule has 3 aromatic rings. The monoisotopic (exact) mass is 415 g/mol. The molecule has 1 atom stereocenters. The molecule has 0 radical (unpaired) electrons. The Hall–Kier alpha value is -2.35. The third-order valence-electron chi connectivity index (χ3n) is 5.07. The fourth-order valence-corrected chi connectivity index (χ4v) is 4.84. The van der Waals surface area contributed by atoms with Gasteiger partial charge in [0.1, 0.15) is 10.6 Å². The predicted molar refractivity (Wildman–Crippen MR) is 117 cm³/mol. The molecule has 1 heterocycles. The first-order valence-electron chi connectivity index (χ1n) is 9.68. The lowest BCUT2D eigenvalue weighted by molar-refractivity contribution is 0.300. The lowest BCUT2D eigenvalue weighted by atomic mass is 10.1. The summed E-state index contributed by atoms with van der Waals surface area (Å²) < 4.78 is 36.6. The Labute approximate surface area is 173 Å². The Morgan fingerprint density at radius 3 is 2.59 bits per heavy atom. The average molecular weight is 416 g/mol. The van der Waals surface area contributed by atoms with Crippen molar-refractivity contribution in [2.45, 2.75) is 24.8 Å². The van der Waals surface area contributed by atoms with E-state index in [9.17, 15) is 8.42 Å². The van der Waals surface area contributed by atoms with Crippen molar-refractivity contribution in [2.24, 2.45) is 7.05 Å². The van der Waals surface area contributed by atoms with Gasteiger partial charge in [0.15, 0.2) is 0 Å². The van der Waals surface area contributed by atoms with Gasteiger partial charge in [0.25, 0.3) is 0 Å². The number of aromatic nitrogens is 1. The van der Waals surface area contributed by atoms with Crippen LogP contribution in [0.5, 0.6) is 5.75 Å². The number of fused-ring (bicyclic) bond motifs is 1. The zero-order valence-electron chi connectivity index (χ0n) is 17.6. The zero-order chi connectivity index (χ0) is 21.2. The van der Waals surface area contributed by atoms with Crippen molar-refractivity contribution in [3.8, 4) is 5.75 Å². The first-order valence-corrected chi connectivity index (χ1v) is 11.2. The van der Waals surface area contributed by atoms with E-state index >= 15 is 0 Å². The smallest absolute Gasteiger partial charge is 0.244 e. The van der Waals surface area contributed by atoms with Crippen molar-refractivity contribution in [1.29, 1.82) is 0 Å². The standard InChI is InChI=1S/C22H29N3O3S/c1-6-28-21-12-11-16(2)13-22(21)29(26,27)23-14-20(24(3)4)18-15-25(5)19-10-8-7-9-17(18)19/h7-13,15,20,23H,6,14H2,1-5H3. The van der Waals surface area contributed by atoms with Gasteiger partial charge in [-0.1, -0.05) is 24.3 Å². The maximum absolute atomic E-state index is 13.1. The molecule has 3 rings (SSSR count). The molecule has 0 amide bonds. The summed E-state index contributed by atoms with van der Waals surface area (Å²) in [4.78, 5) is 2.21. The molecule has 2 aromatic carbocycles. The van der Waals surface area contributed by atoms with Crippen LogP contribution in [0.1, 0.15) is 24.1 Å². The minimum atomic E-state index is -3.73. The normalized spacial score (nSPS) is 13.2. The fourth-order valence-electron chi connectivity index (χ4n) is 3.58. The molecule has 6 nitrogen and oxygen atoms in total. The Morgan fingerprint density at radius 2 is 1.90 bits per heavy atom. The van der Waals surface area contributed by atoms with E-state index < -0.39 is 10.0 Å². The van der Waals surface area contributed by atoms with Crippen molar-refractivity contribution < 1.29 is 13.2 Å². The molecule has 0 aliphatic heterocycles. The van der Waals surface area contributed by atoms with E-state index in [1.165, 1.54) is 0 Å². The van der Waals surface area contributed by atoms with Crippen molar-refractivity contribution in [2.75, 3.05) is 27.2 Å². The number of sulfonamides is 1. The second-order valence-corrected chi connectivity index (χ2v) is 9.16. The van der Waals surface area contributed by atoms with E-state index in [0.29, 0.717) is 12.4 Å². The molecule has 0 bridgehead atoms. The van der Waals surface area contributed by atoms with Crippen molar-refractivity contribution >= 4 is 20.9 Å². The molecule has 0 saturated carbocycles. The molecule has 0 saturated heterocycles. The van der Waals surface area contributed by atoms with E-state index in [0.717, 1.165) is 22.0 Å². The van der Waals surface area contributed by atoms with Crippen LogP contribution in [0, 0.1) is 6.92 Å². The molecule has 1 unspecified atom stereocenters. The topological polar surface area (TPSA) is 63.6 Å². The first kappa shape index (κ1) is 21.4. The van der Waals surface area contributed by atoms with Crippen molar-refractivity contribution in [3.05, 3.63) is 59.8 Å². The summed E-state index contributed by atoms with van der Waals surface area (Å²) in [6, 6.07) is 13.2. The summed E-state index contributed by atoms with van der Waals surface area (Å²) in [5.74, 6) is 0.372. The SMILES string of the molecule is CCOc1ccc(C)cc1S(=O)(=O)NCC(c1cn(C)c2ccccc12)N(C)C. The second-order valence-electron chi connectivity index (χ2n) is 7.43. The molecule has 156 valence electrons. The predicted octanol–water partition coefficient (Wildman–Crippen LogP) is 3.47. The van der Waals surface area contributed by atoms with Crippen LogP contribution >= 0.6 is 0 Å². The summed E-state index contributed by atoms with van der Waals surface area (Å²) in [6.45, 7) is 4.37. The Morgan fingerprint density at radius 1 is 1.17 bits per heavy atom. The minimum Gasteiger partial charge on any atom is -0.492 e. The molecular weight excluding hydrogens is 386 g/mol. The van der Waals surface area contributed by atoms with E-state index in [2.05, 4.69) is 27.6 Å². The van der Waals surface area contributed by atoms with Crippen LogP contribution < -0.4 is 9.46 Å². The van der Waals surface area contributed by atoms with Gasteiger partial charge in [-0.3, -0.25) is 0 Å². The van der Waals surface area contributed by atoms with Crippen LogP contribution in [0.15, 0.2) is 53.6 Å². The summed E-state index contributed by atoms with van der Waals surface area (Å²) >= 11 is 0. The van der Waals surface area contributed by atoms with Gasteiger partial charge >= 0.3 is 0 Å². The van der Waals surface area contributed by atoms with Crippen LogP contribution in [0.25, 0.3) is 10.9 Å². The molecular formula is C22H29N3O3S. The summed E-state index contributed by atoms with van der Waals surface area (Å²) in [5, 5.41) is 1.12. The number of ether oxygens (including phenoxy) is 1. The van der Waals surface area contributed by atoms with E-state index in [4.69, 9.17) is 4.74 Å². The molecule has 0 fully saturated rings. The molecule has 0 aliphatic carbocycles. The fraction of sp³-hybridized carbons (Fsp3) is 0.364. The van der Waals surface area contributed by atoms with Crippen LogP contribution in [0.3, 0.4) is 0 Å². The number of nitrogens with zero attached hydrogens (tertiary/aromatic N) is 2. The molecule has 1 aromatic heterocycles. The number of benzene rings is 2. The Bertz CT molecular complexity index is 1100. The molecule has 1 N–H and O–H groups in total. The van der Waals surface area contributed by atoms with Gasteiger partial charge < -0.3 is 14.2 Å². The van der Waals surface area contributed by atoms with Gasteiger partial charge in [0.05, 0.1) is 6.61 Å². The largest absolute Gasteiger partial charge is 0.492 e. The molecule has 7 heteroatoms. The maximum Gasteiger partial charge on any atom is 0.244 e. The number of hydrogen-bond donors (Lipinski definition) is 1. The third-order valence-corrected chi connectivity index (χ3v) is 6.51. The summed E-state index contributed by atoms with van der Waals surface area (Å²) in [6.07, 6.45) is 2.07. The average Bonchev–Trinajstić information content (AvgIpc) is 3.00. The second kappa shape index (κ2) is 8.57. The number of likely N-dealkylation sites (N-methyl/N-ethyl adjacent to an activating group) is 1. The number of para-hydroxylation sites is 1. The Balaban J connectivity index is 1.92. The van der Waals surface area contributed by atoms with Gasteiger partial charge in [-0.25, -0.2) is 13.1 Å². The minimum absolute atomic E-state index is 0.115. The van der Waals surface area contributed by atoms with Gasteiger partial charge in [-0.2, -0.15) is 0 Å². The number of aryl methyl sites for hydroxylation is 2. The first-order chi connectivity index (χ1) is 13.7. The van der Waals surface area contributed by atoms with Gasteiger partial charge in [0, 0.05) is 36.7 Å². The number of nitrogens with one attached hydrogen (secondary N) is 1. The van der Waals surface area contributed by atoms with Crippen molar-refractivity contribution in [3.63, 3.8) is 0 Å². The lowest BCUT2D eigenvalue weighted by Gasteiger charge is -2.25.